The van der Waals surface area contributed by atoms with Gasteiger partial charge in [0, 0.05) is 30.8 Å². The molecule has 2 heterocycles. The summed E-state index contributed by atoms with van der Waals surface area (Å²) in [6.07, 6.45) is 6.74. The van der Waals surface area contributed by atoms with Crippen LogP contribution in [0.1, 0.15) is 25.0 Å². The maximum Gasteiger partial charge on any atom is 0.122 e. The molecular formula is C16H24N2O2. The van der Waals surface area contributed by atoms with E-state index in [0.717, 1.165) is 50.3 Å². The summed E-state index contributed by atoms with van der Waals surface area (Å²) in [4.78, 5) is 6.76. The fourth-order valence-corrected chi connectivity index (χ4v) is 3.01. The van der Waals surface area contributed by atoms with Gasteiger partial charge in [-0.2, -0.15) is 0 Å². The zero-order valence-corrected chi connectivity index (χ0v) is 12.2. The summed E-state index contributed by atoms with van der Waals surface area (Å²) in [6.45, 7) is 6.80. The number of methoxy groups -OCH3 is 1. The van der Waals surface area contributed by atoms with E-state index in [9.17, 15) is 5.11 Å². The monoisotopic (exact) mass is 276 g/mol. The SMILES string of the molecule is C=CC[C@@]1(CO)CCCN(Cc2cc(OC)ccn2)C1. The lowest BCUT2D eigenvalue weighted by Gasteiger charge is -2.41. The van der Waals surface area contributed by atoms with E-state index in [4.69, 9.17) is 4.74 Å². The maximum absolute atomic E-state index is 9.73. The molecule has 0 unspecified atom stereocenters. The number of hydrogen-bond acceptors (Lipinski definition) is 4. The molecular weight excluding hydrogens is 252 g/mol. The molecule has 0 aromatic carbocycles. The highest BCUT2D eigenvalue weighted by Crippen LogP contribution is 2.33. The van der Waals surface area contributed by atoms with Crippen LogP contribution in [0.25, 0.3) is 0 Å². The predicted octanol–water partition coefficient (Wildman–Crippen LogP) is 2.24. The second-order valence-electron chi connectivity index (χ2n) is 5.65. The Morgan fingerprint density at radius 1 is 1.60 bits per heavy atom. The highest BCUT2D eigenvalue weighted by Gasteiger charge is 2.33. The Morgan fingerprint density at radius 2 is 2.45 bits per heavy atom. The molecule has 0 spiro atoms. The van der Waals surface area contributed by atoms with Gasteiger partial charge in [0.25, 0.3) is 0 Å². The Kier molecular flexibility index (Phi) is 5.15. The summed E-state index contributed by atoms with van der Waals surface area (Å²) in [5.41, 5.74) is 0.982. The lowest BCUT2D eigenvalue weighted by atomic mass is 9.78. The van der Waals surface area contributed by atoms with Crippen LogP contribution in [0.15, 0.2) is 31.0 Å². The Labute approximate surface area is 121 Å². The summed E-state index contributed by atoms with van der Waals surface area (Å²) < 4.78 is 5.23. The average Bonchev–Trinajstić information content (AvgIpc) is 2.48. The highest BCUT2D eigenvalue weighted by atomic mass is 16.5. The van der Waals surface area contributed by atoms with Crippen LogP contribution in [-0.2, 0) is 6.54 Å². The molecule has 1 N–H and O–H groups in total. The number of pyridine rings is 1. The Balaban J connectivity index is 2.03. The van der Waals surface area contributed by atoms with Gasteiger partial charge in [-0.15, -0.1) is 6.58 Å². The number of ether oxygens (including phenoxy) is 1. The number of rotatable bonds is 6. The molecule has 0 aliphatic carbocycles. The first kappa shape index (κ1) is 15.0. The van der Waals surface area contributed by atoms with Gasteiger partial charge in [-0.3, -0.25) is 9.88 Å². The number of hydrogen-bond donors (Lipinski definition) is 1. The van der Waals surface area contributed by atoms with Crippen LogP contribution in [0.3, 0.4) is 0 Å². The average molecular weight is 276 g/mol. The van der Waals surface area contributed by atoms with Gasteiger partial charge < -0.3 is 9.84 Å². The molecule has 0 bridgehead atoms. The van der Waals surface area contributed by atoms with Crippen molar-refractivity contribution in [2.75, 3.05) is 26.8 Å². The number of likely N-dealkylation sites (tertiary alicyclic amines) is 1. The fourth-order valence-electron chi connectivity index (χ4n) is 3.01. The first-order valence-corrected chi connectivity index (χ1v) is 7.14. The van der Waals surface area contributed by atoms with E-state index < -0.39 is 0 Å². The molecule has 4 nitrogen and oxygen atoms in total. The summed E-state index contributed by atoms with van der Waals surface area (Å²) in [6, 6.07) is 3.83. The van der Waals surface area contributed by atoms with Crippen molar-refractivity contribution in [2.24, 2.45) is 5.41 Å². The van der Waals surface area contributed by atoms with Crippen LogP contribution < -0.4 is 4.74 Å². The summed E-state index contributed by atoms with van der Waals surface area (Å²) in [7, 11) is 1.67. The highest BCUT2D eigenvalue weighted by molar-refractivity contribution is 5.22. The van der Waals surface area contributed by atoms with E-state index in [0.29, 0.717) is 0 Å². The fraction of sp³-hybridized carbons (Fsp3) is 0.562. The van der Waals surface area contributed by atoms with Gasteiger partial charge >= 0.3 is 0 Å². The summed E-state index contributed by atoms with van der Waals surface area (Å²) in [5.74, 6) is 0.839. The van der Waals surface area contributed by atoms with Crippen molar-refractivity contribution in [3.8, 4) is 5.75 Å². The van der Waals surface area contributed by atoms with Crippen molar-refractivity contribution < 1.29 is 9.84 Å². The van der Waals surface area contributed by atoms with Crippen LogP contribution in [0, 0.1) is 5.41 Å². The predicted molar refractivity (Wildman–Crippen MR) is 79.6 cm³/mol. The summed E-state index contributed by atoms with van der Waals surface area (Å²) >= 11 is 0. The van der Waals surface area contributed by atoms with Crippen molar-refractivity contribution in [3.05, 3.63) is 36.7 Å². The molecule has 1 fully saturated rings. The van der Waals surface area contributed by atoms with Crippen LogP contribution >= 0.6 is 0 Å². The molecule has 1 aliphatic rings. The smallest absolute Gasteiger partial charge is 0.122 e. The Morgan fingerprint density at radius 3 is 3.15 bits per heavy atom. The molecule has 0 amide bonds. The second-order valence-corrected chi connectivity index (χ2v) is 5.65. The van der Waals surface area contributed by atoms with Crippen molar-refractivity contribution in [1.29, 1.82) is 0 Å². The molecule has 0 saturated carbocycles. The normalized spacial score (nSPS) is 23.5. The molecule has 1 aromatic rings. The van der Waals surface area contributed by atoms with E-state index in [1.54, 1.807) is 13.3 Å². The third kappa shape index (κ3) is 3.58. The molecule has 4 heteroatoms. The minimum atomic E-state index is -0.0289. The Bertz CT molecular complexity index is 450. The van der Waals surface area contributed by atoms with Gasteiger partial charge in [0.1, 0.15) is 5.75 Å². The lowest BCUT2D eigenvalue weighted by Crippen LogP contribution is -2.44. The number of piperidine rings is 1. The minimum absolute atomic E-state index is 0.0289. The zero-order valence-electron chi connectivity index (χ0n) is 12.2. The third-order valence-corrected chi connectivity index (χ3v) is 4.06. The number of allylic oxidation sites excluding steroid dienone is 1. The van der Waals surface area contributed by atoms with Crippen molar-refractivity contribution in [1.82, 2.24) is 9.88 Å². The molecule has 1 aromatic heterocycles. The molecule has 1 atom stereocenters. The largest absolute Gasteiger partial charge is 0.497 e. The van der Waals surface area contributed by atoms with E-state index in [1.807, 2.05) is 18.2 Å². The maximum atomic E-state index is 9.73. The van der Waals surface area contributed by atoms with Crippen LogP contribution in [0.4, 0.5) is 0 Å². The van der Waals surface area contributed by atoms with Gasteiger partial charge in [-0.1, -0.05) is 6.08 Å². The number of aromatic nitrogens is 1. The van der Waals surface area contributed by atoms with Gasteiger partial charge in [0.2, 0.25) is 0 Å². The second kappa shape index (κ2) is 6.86. The van der Waals surface area contributed by atoms with Crippen LogP contribution in [0.5, 0.6) is 5.75 Å². The van der Waals surface area contributed by atoms with Crippen molar-refractivity contribution >= 4 is 0 Å². The lowest BCUT2D eigenvalue weighted by molar-refractivity contribution is 0.0304. The quantitative estimate of drug-likeness (QED) is 0.809. The first-order valence-electron chi connectivity index (χ1n) is 7.14. The molecule has 2 rings (SSSR count). The number of aliphatic hydroxyl groups excluding tert-OH is 1. The molecule has 20 heavy (non-hydrogen) atoms. The van der Waals surface area contributed by atoms with E-state index in [-0.39, 0.29) is 12.0 Å². The van der Waals surface area contributed by atoms with Gasteiger partial charge in [-0.25, -0.2) is 0 Å². The van der Waals surface area contributed by atoms with E-state index in [2.05, 4.69) is 16.5 Å². The minimum Gasteiger partial charge on any atom is -0.497 e. The van der Waals surface area contributed by atoms with Gasteiger partial charge in [-0.05, 0) is 31.9 Å². The van der Waals surface area contributed by atoms with Gasteiger partial charge in [0.05, 0.1) is 19.4 Å². The van der Waals surface area contributed by atoms with Crippen LogP contribution in [-0.4, -0.2) is 41.8 Å². The number of nitrogens with zero attached hydrogens (tertiary/aromatic N) is 2. The van der Waals surface area contributed by atoms with Crippen LogP contribution in [0.2, 0.25) is 0 Å². The van der Waals surface area contributed by atoms with E-state index >= 15 is 0 Å². The zero-order chi connectivity index (χ0) is 14.4. The van der Waals surface area contributed by atoms with E-state index in [1.165, 1.54) is 0 Å². The topological polar surface area (TPSA) is 45.6 Å². The van der Waals surface area contributed by atoms with Gasteiger partial charge in [0.15, 0.2) is 0 Å². The van der Waals surface area contributed by atoms with Crippen molar-refractivity contribution in [3.63, 3.8) is 0 Å². The third-order valence-electron chi connectivity index (χ3n) is 4.06. The Hall–Kier alpha value is -1.39. The molecule has 1 aliphatic heterocycles. The van der Waals surface area contributed by atoms with Crippen molar-refractivity contribution in [2.45, 2.75) is 25.8 Å². The standard InChI is InChI=1S/C16H24N2O2/c1-3-6-16(13-19)7-4-9-18(12-16)11-14-10-15(20-2)5-8-17-14/h3,5,8,10,19H,1,4,6-7,9,11-13H2,2H3/t16-/m1/s1. The molecule has 1 saturated heterocycles. The number of aliphatic hydroxyl groups is 1. The first-order chi connectivity index (χ1) is 9.71. The molecule has 0 radical (unpaired) electrons. The summed E-state index contributed by atoms with van der Waals surface area (Å²) in [5, 5.41) is 9.73. The molecule has 110 valence electrons.